The molecule has 0 unspecified atom stereocenters. The molecule has 0 spiro atoms. The fourth-order valence-corrected chi connectivity index (χ4v) is 7.70. The van der Waals surface area contributed by atoms with E-state index in [0.29, 0.717) is 0 Å². The first-order valence-electron chi connectivity index (χ1n) is 6.97. The summed E-state index contributed by atoms with van der Waals surface area (Å²) < 4.78 is 39.0. The van der Waals surface area contributed by atoms with E-state index in [9.17, 15) is 17.3 Å². The lowest BCUT2D eigenvalue weighted by molar-refractivity contribution is 0.368. The molecule has 0 fully saturated rings. The van der Waals surface area contributed by atoms with Crippen molar-refractivity contribution >= 4 is 14.5 Å². The van der Waals surface area contributed by atoms with Gasteiger partial charge in [-0.15, -0.1) is 0 Å². The van der Waals surface area contributed by atoms with Gasteiger partial charge in [-0.3, -0.25) is 0 Å². The summed E-state index contributed by atoms with van der Waals surface area (Å²) in [5.41, 5.74) is 0. The highest BCUT2D eigenvalue weighted by Gasteiger charge is 2.32. The Morgan fingerprint density at radius 3 is 0.889 bits per heavy atom. The van der Waals surface area contributed by atoms with Crippen molar-refractivity contribution in [2.24, 2.45) is 0 Å². The second-order valence-corrected chi connectivity index (χ2v) is 9.20. The highest BCUT2D eigenvalue weighted by molar-refractivity contribution is 7.75. The van der Waals surface area contributed by atoms with Crippen molar-refractivity contribution in [1.29, 1.82) is 0 Å². The maximum absolute atomic E-state index is 9.75. The summed E-state index contributed by atoms with van der Waals surface area (Å²) in [7, 11) is -6.50. The van der Waals surface area contributed by atoms with Crippen LogP contribution in [-0.4, -0.2) is 31.9 Å². The summed E-state index contributed by atoms with van der Waals surface area (Å²) in [5, 5.41) is 0. The molecule has 0 rings (SSSR count). The molecule has 0 amide bonds. The number of halogens is 4. The third-order valence-corrected chi connectivity index (χ3v) is 8.38. The van der Waals surface area contributed by atoms with Crippen LogP contribution < -0.4 is 0 Å². The second kappa shape index (κ2) is 11.1. The quantitative estimate of drug-likeness (QED) is 0.294. The molecule has 0 radical (unpaired) electrons. The van der Waals surface area contributed by atoms with E-state index in [-0.39, 0.29) is 0 Å². The molecule has 0 N–H and O–H groups in total. The minimum absolute atomic E-state index is 0.496. The molecule has 0 aliphatic carbocycles. The molecule has 0 aromatic heterocycles. The van der Waals surface area contributed by atoms with Crippen LogP contribution in [0.25, 0.3) is 0 Å². The van der Waals surface area contributed by atoms with Gasteiger partial charge in [-0.2, -0.15) is 0 Å². The summed E-state index contributed by atoms with van der Waals surface area (Å²) in [6.45, 7) is 9.43. The van der Waals surface area contributed by atoms with Gasteiger partial charge in [-0.1, -0.05) is 27.7 Å². The van der Waals surface area contributed by atoms with Crippen molar-refractivity contribution in [2.75, 3.05) is 24.6 Å². The molecule has 0 nitrogen and oxygen atoms in total. The Bertz CT molecular complexity index is 150. The Balaban J connectivity index is 0. The topological polar surface area (TPSA) is 0 Å². The molecule has 6 heteroatoms. The van der Waals surface area contributed by atoms with Gasteiger partial charge in [0.25, 0.3) is 0 Å². The Kier molecular flexibility index (Phi) is 12.6. The molecule has 0 heterocycles. The van der Waals surface area contributed by atoms with Crippen molar-refractivity contribution in [1.82, 2.24) is 0 Å². The SMILES string of the molecule is CCC[P+](CCC)(CCC)CCC.F[B-](F)(F)F. The summed E-state index contributed by atoms with van der Waals surface area (Å²) in [6, 6.07) is 0. The van der Waals surface area contributed by atoms with Gasteiger partial charge in [0.1, 0.15) is 0 Å². The van der Waals surface area contributed by atoms with Gasteiger partial charge >= 0.3 is 7.25 Å². The molecule has 0 saturated carbocycles. The van der Waals surface area contributed by atoms with Gasteiger partial charge in [0, 0.05) is 7.26 Å². The van der Waals surface area contributed by atoms with Crippen molar-refractivity contribution < 1.29 is 17.3 Å². The van der Waals surface area contributed by atoms with Crippen LogP contribution in [-0.2, 0) is 0 Å². The monoisotopic (exact) mass is 290 g/mol. The molecule has 0 atom stereocenters. The molecule has 0 saturated heterocycles. The van der Waals surface area contributed by atoms with Crippen LogP contribution in [0.5, 0.6) is 0 Å². The van der Waals surface area contributed by atoms with Gasteiger partial charge in [-0.25, -0.2) is 0 Å². The zero-order valence-corrected chi connectivity index (χ0v) is 13.1. The second-order valence-electron chi connectivity index (χ2n) is 4.73. The van der Waals surface area contributed by atoms with E-state index < -0.39 is 14.5 Å². The van der Waals surface area contributed by atoms with Crippen LogP contribution in [0.4, 0.5) is 17.3 Å². The molecular formula is C12H28BF4P. The van der Waals surface area contributed by atoms with E-state index in [2.05, 4.69) is 27.7 Å². The van der Waals surface area contributed by atoms with E-state index in [1.54, 1.807) is 24.6 Å². The standard InChI is InChI=1S/C12H28P.BF4/c1-5-9-13(10-6-2,11-7-3)12-8-4;2-1(3,4)5/h5-12H2,1-4H3;/q+1;-1. The lowest BCUT2D eigenvalue weighted by atomic mass is 10.3. The Morgan fingerprint density at radius 2 is 0.778 bits per heavy atom. The van der Waals surface area contributed by atoms with Crippen molar-refractivity contribution in [2.45, 2.75) is 53.4 Å². The highest BCUT2D eigenvalue weighted by atomic mass is 31.2. The summed E-state index contributed by atoms with van der Waals surface area (Å²) >= 11 is 0. The van der Waals surface area contributed by atoms with Crippen molar-refractivity contribution in [3.05, 3.63) is 0 Å². The molecule has 0 aliphatic rings. The van der Waals surface area contributed by atoms with Crippen LogP contribution in [0.3, 0.4) is 0 Å². The smallest absolute Gasteiger partial charge is 0.418 e. The summed E-state index contributed by atoms with van der Waals surface area (Å²) in [4.78, 5) is 0. The van der Waals surface area contributed by atoms with Crippen LogP contribution in [0.1, 0.15) is 53.4 Å². The zero-order valence-electron chi connectivity index (χ0n) is 12.2. The number of rotatable bonds is 8. The molecule has 18 heavy (non-hydrogen) atoms. The Hall–Kier alpha value is 0.215. The van der Waals surface area contributed by atoms with Crippen LogP contribution in [0.2, 0.25) is 0 Å². The third-order valence-electron chi connectivity index (χ3n) is 2.79. The predicted molar refractivity (Wildman–Crippen MR) is 77.7 cm³/mol. The molecular weight excluding hydrogens is 262 g/mol. The summed E-state index contributed by atoms with van der Waals surface area (Å²) in [5.74, 6) is 0. The van der Waals surface area contributed by atoms with Crippen molar-refractivity contribution in [3.63, 3.8) is 0 Å². The van der Waals surface area contributed by atoms with E-state index in [1.807, 2.05) is 0 Å². The average Bonchev–Trinajstić information content (AvgIpc) is 2.16. The van der Waals surface area contributed by atoms with Gasteiger partial charge < -0.3 is 17.3 Å². The van der Waals surface area contributed by atoms with Gasteiger partial charge in [-0.05, 0) is 25.7 Å². The maximum Gasteiger partial charge on any atom is 0.673 e. The minimum atomic E-state index is -6.00. The first-order valence-corrected chi connectivity index (χ1v) is 9.50. The van der Waals surface area contributed by atoms with E-state index >= 15 is 0 Å². The predicted octanol–water partition coefficient (Wildman–Crippen LogP) is 5.94. The van der Waals surface area contributed by atoms with Crippen molar-refractivity contribution in [3.8, 4) is 0 Å². The van der Waals surface area contributed by atoms with Gasteiger partial charge in [0.15, 0.2) is 0 Å². The zero-order chi connectivity index (χ0) is 14.7. The Labute approximate surface area is 110 Å². The van der Waals surface area contributed by atoms with Gasteiger partial charge in [0.05, 0.1) is 24.6 Å². The van der Waals surface area contributed by atoms with E-state index in [4.69, 9.17) is 0 Å². The molecule has 0 bridgehead atoms. The van der Waals surface area contributed by atoms with Crippen LogP contribution >= 0.6 is 7.26 Å². The lowest BCUT2D eigenvalue weighted by Crippen LogP contribution is -2.10. The van der Waals surface area contributed by atoms with Gasteiger partial charge in [0.2, 0.25) is 0 Å². The van der Waals surface area contributed by atoms with E-state index in [0.717, 1.165) is 0 Å². The van der Waals surface area contributed by atoms with Crippen LogP contribution in [0.15, 0.2) is 0 Å². The fraction of sp³-hybridized carbons (Fsp3) is 1.00. The molecule has 0 aliphatic heterocycles. The first-order chi connectivity index (χ1) is 8.24. The fourth-order valence-electron chi connectivity index (χ4n) is 2.57. The minimum Gasteiger partial charge on any atom is -0.418 e. The largest absolute Gasteiger partial charge is 0.673 e. The maximum atomic E-state index is 9.75. The Morgan fingerprint density at radius 1 is 0.611 bits per heavy atom. The molecule has 0 aromatic carbocycles. The van der Waals surface area contributed by atoms with E-state index in [1.165, 1.54) is 25.7 Å². The lowest BCUT2D eigenvalue weighted by Gasteiger charge is -2.26. The van der Waals surface area contributed by atoms with Crippen LogP contribution in [0, 0.1) is 0 Å². The summed E-state index contributed by atoms with van der Waals surface area (Å²) in [6.07, 6.45) is 11.9. The first kappa shape index (κ1) is 20.5. The number of hydrogen-bond donors (Lipinski definition) is 0. The number of hydrogen-bond acceptors (Lipinski definition) is 0. The normalized spacial score (nSPS) is 12.0. The third kappa shape index (κ3) is 14.3. The molecule has 112 valence electrons. The highest BCUT2D eigenvalue weighted by Crippen LogP contribution is 2.60. The average molecular weight is 290 g/mol. The molecule has 0 aromatic rings.